The van der Waals surface area contributed by atoms with Crippen LogP contribution in [0.15, 0.2) is 30.3 Å². The van der Waals surface area contributed by atoms with E-state index in [0.29, 0.717) is 11.5 Å². The van der Waals surface area contributed by atoms with E-state index in [-0.39, 0.29) is 11.9 Å². The second kappa shape index (κ2) is 8.65. The van der Waals surface area contributed by atoms with Gasteiger partial charge in [0.25, 0.3) is 5.91 Å². The number of hydrogen-bond acceptors (Lipinski definition) is 5. The van der Waals surface area contributed by atoms with Crippen molar-refractivity contribution in [2.24, 2.45) is 0 Å². The largest absolute Gasteiger partial charge is 0.495 e. The summed E-state index contributed by atoms with van der Waals surface area (Å²) in [6.07, 6.45) is 6.97. The number of aromatic nitrogens is 2. The van der Waals surface area contributed by atoms with Gasteiger partial charge in [0, 0.05) is 6.04 Å². The number of benzene rings is 1. The number of carbonyl (C=O) groups excluding carboxylic acids is 1. The highest BCUT2D eigenvalue weighted by atomic mass is 16.5. The molecule has 0 spiro atoms. The van der Waals surface area contributed by atoms with Crippen LogP contribution >= 0.6 is 0 Å². The average Bonchev–Trinajstić information content (AvgIpc) is 2.91. The Kier molecular flexibility index (Phi) is 6.04. The van der Waals surface area contributed by atoms with Gasteiger partial charge in [-0.25, -0.2) is 0 Å². The first-order valence-corrected chi connectivity index (χ1v) is 9.22. The number of amides is 1. The Bertz CT molecular complexity index is 738. The normalized spacial score (nSPS) is 15.2. The van der Waals surface area contributed by atoms with E-state index in [9.17, 15) is 4.79 Å². The van der Waals surface area contributed by atoms with Crippen LogP contribution < -0.4 is 15.4 Å². The fourth-order valence-corrected chi connectivity index (χ4v) is 3.26. The van der Waals surface area contributed by atoms with Gasteiger partial charge in [0.15, 0.2) is 11.5 Å². The molecule has 6 heteroatoms. The Balaban J connectivity index is 1.64. The minimum absolute atomic E-state index is 0.149. The molecule has 2 aromatic rings. The lowest BCUT2D eigenvalue weighted by Gasteiger charge is -2.15. The maximum absolute atomic E-state index is 12.4. The predicted molar refractivity (Wildman–Crippen MR) is 102 cm³/mol. The Labute approximate surface area is 154 Å². The average molecular weight is 354 g/mol. The van der Waals surface area contributed by atoms with E-state index in [0.717, 1.165) is 29.8 Å². The van der Waals surface area contributed by atoms with Gasteiger partial charge in [-0.1, -0.05) is 31.7 Å². The second-order valence-corrected chi connectivity index (χ2v) is 6.79. The number of hydrogen-bond donors (Lipinski definition) is 2. The molecule has 0 aliphatic heterocycles. The number of anilines is 2. The molecule has 3 rings (SSSR count). The Morgan fingerprint density at radius 2 is 1.85 bits per heavy atom. The van der Waals surface area contributed by atoms with Crippen molar-refractivity contribution < 1.29 is 9.53 Å². The van der Waals surface area contributed by atoms with E-state index in [1.807, 2.05) is 25.1 Å². The third-order valence-corrected chi connectivity index (χ3v) is 4.71. The molecule has 1 fully saturated rings. The van der Waals surface area contributed by atoms with Crippen molar-refractivity contribution in [2.45, 2.75) is 51.5 Å². The topological polar surface area (TPSA) is 76.1 Å². The molecular formula is C20H26N4O2. The van der Waals surface area contributed by atoms with E-state index in [1.165, 1.54) is 25.7 Å². The summed E-state index contributed by atoms with van der Waals surface area (Å²) in [5, 5.41) is 14.5. The van der Waals surface area contributed by atoms with Crippen molar-refractivity contribution in [3.63, 3.8) is 0 Å². The molecule has 1 aliphatic rings. The summed E-state index contributed by atoms with van der Waals surface area (Å²) >= 11 is 0. The minimum Gasteiger partial charge on any atom is -0.495 e. The standard InChI is InChI=1S/C20H26N4O2/c1-14-9-11-18(26-2)17(13-14)22-19-12-10-16(23-24-19)20(25)21-15-7-5-3-4-6-8-15/h9-13,15H,3-8H2,1-2H3,(H,21,25)(H,22,24). The lowest BCUT2D eigenvalue weighted by molar-refractivity contribution is 0.0927. The molecule has 1 aromatic carbocycles. The first-order valence-electron chi connectivity index (χ1n) is 9.22. The van der Waals surface area contributed by atoms with E-state index in [2.05, 4.69) is 20.8 Å². The second-order valence-electron chi connectivity index (χ2n) is 6.79. The van der Waals surface area contributed by atoms with Gasteiger partial charge < -0.3 is 15.4 Å². The number of aryl methyl sites for hydroxylation is 1. The summed E-state index contributed by atoms with van der Waals surface area (Å²) in [5.41, 5.74) is 2.27. The summed E-state index contributed by atoms with van der Waals surface area (Å²) in [6.45, 7) is 2.01. The predicted octanol–water partition coefficient (Wildman–Crippen LogP) is 3.99. The maximum atomic E-state index is 12.4. The zero-order valence-corrected chi connectivity index (χ0v) is 15.4. The summed E-state index contributed by atoms with van der Waals surface area (Å²) in [7, 11) is 1.63. The highest BCUT2D eigenvalue weighted by Crippen LogP contribution is 2.27. The maximum Gasteiger partial charge on any atom is 0.272 e. The monoisotopic (exact) mass is 354 g/mol. The molecule has 1 heterocycles. The molecule has 0 atom stereocenters. The number of methoxy groups -OCH3 is 1. The van der Waals surface area contributed by atoms with E-state index >= 15 is 0 Å². The Morgan fingerprint density at radius 3 is 2.50 bits per heavy atom. The molecule has 0 unspecified atom stereocenters. The van der Waals surface area contributed by atoms with Crippen LogP contribution in [0.4, 0.5) is 11.5 Å². The number of carbonyl (C=O) groups is 1. The van der Waals surface area contributed by atoms with Crippen LogP contribution in [0.5, 0.6) is 5.75 Å². The molecular weight excluding hydrogens is 328 g/mol. The zero-order chi connectivity index (χ0) is 18.4. The molecule has 6 nitrogen and oxygen atoms in total. The molecule has 26 heavy (non-hydrogen) atoms. The lowest BCUT2D eigenvalue weighted by Crippen LogP contribution is -2.35. The summed E-state index contributed by atoms with van der Waals surface area (Å²) in [5.74, 6) is 1.15. The fourth-order valence-electron chi connectivity index (χ4n) is 3.26. The van der Waals surface area contributed by atoms with Crippen molar-refractivity contribution in [1.29, 1.82) is 0 Å². The van der Waals surface area contributed by atoms with Gasteiger partial charge in [-0.3, -0.25) is 4.79 Å². The van der Waals surface area contributed by atoms with Crippen molar-refractivity contribution in [3.05, 3.63) is 41.6 Å². The van der Waals surface area contributed by atoms with Crippen molar-refractivity contribution in [1.82, 2.24) is 15.5 Å². The van der Waals surface area contributed by atoms with Gasteiger partial charge in [0.2, 0.25) is 0 Å². The molecule has 0 radical (unpaired) electrons. The van der Waals surface area contributed by atoms with Crippen LogP contribution in [0.1, 0.15) is 54.6 Å². The van der Waals surface area contributed by atoms with Gasteiger partial charge in [-0.05, 0) is 49.6 Å². The van der Waals surface area contributed by atoms with Crippen LogP contribution in [0.25, 0.3) is 0 Å². The number of rotatable bonds is 5. The van der Waals surface area contributed by atoms with Crippen LogP contribution in [0, 0.1) is 6.92 Å². The summed E-state index contributed by atoms with van der Waals surface area (Å²) < 4.78 is 5.35. The van der Waals surface area contributed by atoms with Gasteiger partial charge >= 0.3 is 0 Å². The van der Waals surface area contributed by atoms with Crippen LogP contribution in [-0.4, -0.2) is 29.3 Å². The number of ether oxygens (including phenoxy) is 1. The first kappa shape index (κ1) is 18.2. The molecule has 2 N–H and O–H groups in total. The van der Waals surface area contributed by atoms with Crippen LogP contribution in [-0.2, 0) is 0 Å². The summed E-state index contributed by atoms with van der Waals surface area (Å²) in [6, 6.07) is 9.57. The molecule has 1 amide bonds. The van der Waals surface area contributed by atoms with Crippen LogP contribution in [0.3, 0.4) is 0 Å². The molecule has 1 saturated carbocycles. The number of nitrogens with zero attached hydrogens (tertiary/aromatic N) is 2. The van der Waals surface area contributed by atoms with Gasteiger partial charge in [0.05, 0.1) is 12.8 Å². The zero-order valence-electron chi connectivity index (χ0n) is 15.4. The van der Waals surface area contributed by atoms with Crippen molar-refractivity contribution in [2.75, 3.05) is 12.4 Å². The van der Waals surface area contributed by atoms with Crippen molar-refractivity contribution >= 4 is 17.4 Å². The van der Waals surface area contributed by atoms with E-state index in [1.54, 1.807) is 19.2 Å². The smallest absolute Gasteiger partial charge is 0.272 e. The third-order valence-electron chi connectivity index (χ3n) is 4.71. The SMILES string of the molecule is COc1ccc(C)cc1Nc1ccc(C(=O)NC2CCCCCC2)nn1. The highest BCUT2D eigenvalue weighted by molar-refractivity contribution is 5.92. The van der Waals surface area contributed by atoms with Crippen molar-refractivity contribution in [3.8, 4) is 5.75 Å². The van der Waals surface area contributed by atoms with E-state index < -0.39 is 0 Å². The fraction of sp³-hybridized carbons (Fsp3) is 0.450. The Hall–Kier alpha value is -2.63. The third kappa shape index (κ3) is 4.71. The first-order chi connectivity index (χ1) is 12.7. The minimum atomic E-state index is -0.149. The quantitative estimate of drug-likeness (QED) is 0.794. The molecule has 0 saturated heterocycles. The van der Waals surface area contributed by atoms with Crippen LogP contribution in [0.2, 0.25) is 0 Å². The number of nitrogens with one attached hydrogen (secondary N) is 2. The molecule has 0 bridgehead atoms. The molecule has 1 aliphatic carbocycles. The highest BCUT2D eigenvalue weighted by Gasteiger charge is 2.17. The molecule has 1 aromatic heterocycles. The van der Waals surface area contributed by atoms with Gasteiger partial charge in [0.1, 0.15) is 5.75 Å². The summed E-state index contributed by atoms with van der Waals surface area (Å²) in [4.78, 5) is 12.4. The molecule has 138 valence electrons. The van der Waals surface area contributed by atoms with Gasteiger partial charge in [-0.2, -0.15) is 0 Å². The van der Waals surface area contributed by atoms with Gasteiger partial charge in [-0.15, -0.1) is 10.2 Å². The Morgan fingerprint density at radius 1 is 1.08 bits per heavy atom. The lowest BCUT2D eigenvalue weighted by atomic mass is 10.1. The van der Waals surface area contributed by atoms with E-state index in [4.69, 9.17) is 4.74 Å².